The van der Waals surface area contributed by atoms with Gasteiger partial charge in [-0.05, 0) is 20.4 Å². The molecule has 2 aromatic heterocycles. The van der Waals surface area contributed by atoms with E-state index in [9.17, 15) is 0 Å². The smallest absolute Gasteiger partial charge is 0.217 e. The molecule has 0 fully saturated rings. The topological polar surface area (TPSA) is 55.6 Å². The summed E-state index contributed by atoms with van der Waals surface area (Å²) in [6, 6.07) is 0. The van der Waals surface area contributed by atoms with Crippen LogP contribution in [0.4, 0.5) is 0 Å². The second kappa shape index (κ2) is 4.71. The Hall–Kier alpha value is -1.27. The third kappa shape index (κ3) is 2.12. The summed E-state index contributed by atoms with van der Waals surface area (Å²) in [5.74, 6) is 0. The van der Waals surface area contributed by atoms with Gasteiger partial charge in [0.05, 0.1) is 5.69 Å². The first-order valence-corrected chi connectivity index (χ1v) is 6.08. The Labute approximate surface area is 98.5 Å². The van der Waals surface area contributed by atoms with E-state index in [-0.39, 0.29) is 0 Å². The minimum Gasteiger partial charge on any atom is -0.311 e. The molecule has 0 amide bonds. The molecule has 0 aliphatic rings. The van der Waals surface area contributed by atoms with Crippen LogP contribution in [0, 0.1) is 13.8 Å². The van der Waals surface area contributed by atoms with Crippen molar-refractivity contribution in [1.82, 2.24) is 25.1 Å². The third-order valence-electron chi connectivity index (χ3n) is 2.44. The average molecular weight is 237 g/mol. The second-order valence-electron chi connectivity index (χ2n) is 3.54. The van der Waals surface area contributed by atoms with Gasteiger partial charge >= 0.3 is 0 Å². The van der Waals surface area contributed by atoms with E-state index < -0.39 is 0 Å². The molecule has 0 saturated carbocycles. The van der Waals surface area contributed by atoms with Gasteiger partial charge in [0.15, 0.2) is 0 Å². The fourth-order valence-corrected chi connectivity index (χ4v) is 2.17. The number of hydrogen-bond donors (Lipinski definition) is 1. The summed E-state index contributed by atoms with van der Waals surface area (Å²) in [5, 5.41) is 13.4. The van der Waals surface area contributed by atoms with Crippen LogP contribution in [-0.2, 0) is 6.54 Å². The van der Waals surface area contributed by atoms with Gasteiger partial charge in [0.1, 0.15) is 11.3 Å². The van der Waals surface area contributed by atoms with E-state index in [0.29, 0.717) is 0 Å². The highest BCUT2D eigenvalue weighted by molar-refractivity contribution is 7.13. The largest absolute Gasteiger partial charge is 0.311 e. The van der Waals surface area contributed by atoms with Gasteiger partial charge in [-0.3, -0.25) is 4.57 Å². The van der Waals surface area contributed by atoms with Crippen molar-refractivity contribution >= 4 is 11.3 Å². The SMILES string of the molecule is CCNCc1nnc(-n2cnc(C)c2C)s1. The van der Waals surface area contributed by atoms with Crippen LogP contribution in [0.25, 0.3) is 5.13 Å². The van der Waals surface area contributed by atoms with E-state index in [1.54, 1.807) is 17.7 Å². The van der Waals surface area contributed by atoms with Crippen molar-refractivity contribution in [1.29, 1.82) is 0 Å². The van der Waals surface area contributed by atoms with E-state index >= 15 is 0 Å². The first-order chi connectivity index (χ1) is 7.72. The van der Waals surface area contributed by atoms with Crippen molar-refractivity contribution in [2.75, 3.05) is 6.54 Å². The Bertz CT molecular complexity index is 473. The number of aryl methyl sites for hydroxylation is 1. The normalized spacial score (nSPS) is 10.9. The van der Waals surface area contributed by atoms with Crippen molar-refractivity contribution < 1.29 is 0 Å². The average Bonchev–Trinajstić information content (AvgIpc) is 2.85. The zero-order valence-corrected chi connectivity index (χ0v) is 10.5. The van der Waals surface area contributed by atoms with E-state index in [1.165, 1.54) is 0 Å². The van der Waals surface area contributed by atoms with Crippen molar-refractivity contribution in [2.24, 2.45) is 0 Å². The molecular formula is C10H15N5S. The number of imidazole rings is 1. The molecule has 2 aromatic rings. The molecule has 0 bridgehead atoms. The zero-order valence-electron chi connectivity index (χ0n) is 9.69. The van der Waals surface area contributed by atoms with Crippen LogP contribution in [0.1, 0.15) is 23.3 Å². The standard InChI is InChI=1S/C10H15N5S/c1-4-11-5-9-13-14-10(16-9)15-6-12-7(2)8(15)3/h6,11H,4-5H2,1-3H3. The van der Waals surface area contributed by atoms with E-state index in [1.807, 2.05) is 18.4 Å². The molecule has 1 N–H and O–H groups in total. The highest BCUT2D eigenvalue weighted by atomic mass is 32.1. The van der Waals surface area contributed by atoms with Gasteiger partial charge < -0.3 is 5.32 Å². The first kappa shape index (κ1) is 11.2. The number of hydrogen-bond acceptors (Lipinski definition) is 5. The van der Waals surface area contributed by atoms with Gasteiger partial charge in [-0.1, -0.05) is 18.3 Å². The van der Waals surface area contributed by atoms with Crippen LogP contribution in [0.5, 0.6) is 0 Å². The zero-order chi connectivity index (χ0) is 11.5. The van der Waals surface area contributed by atoms with Gasteiger partial charge in [-0.2, -0.15) is 0 Å². The Kier molecular flexibility index (Phi) is 3.31. The summed E-state index contributed by atoms with van der Waals surface area (Å²) in [5.41, 5.74) is 2.15. The van der Waals surface area contributed by atoms with Crippen LogP contribution in [-0.4, -0.2) is 26.3 Å². The summed E-state index contributed by atoms with van der Waals surface area (Å²) in [7, 11) is 0. The van der Waals surface area contributed by atoms with Gasteiger partial charge in [-0.25, -0.2) is 4.98 Å². The predicted octanol–water partition coefficient (Wildman–Crippen LogP) is 1.45. The van der Waals surface area contributed by atoms with Crippen LogP contribution in [0.3, 0.4) is 0 Å². The number of rotatable bonds is 4. The third-order valence-corrected chi connectivity index (χ3v) is 3.36. The van der Waals surface area contributed by atoms with Gasteiger partial charge in [0.2, 0.25) is 5.13 Å². The molecular weight excluding hydrogens is 222 g/mol. The van der Waals surface area contributed by atoms with Crippen molar-refractivity contribution in [3.05, 3.63) is 22.7 Å². The lowest BCUT2D eigenvalue weighted by Crippen LogP contribution is -2.11. The van der Waals surface area contributed by atoms with Gasteiger partial charge in [0.25, 0.3) is 0 Å². The maximum absolute atomic E-state index is 4.25. The van der Waals surface area contributed by atoms with Crippen molar-refractivity contribution in [3.63, 3.8) is 0 Å². The lowest BCUT2D eigenvalue weighted by Gasteiger charge is -1.98. The van der Waals surface area contributed by atoms with Crippen LogP contribution < -0.4 is 5.32 Å². The van der Waals surface area contributed by atoms with Crippen molar-refractivity contribution in [3.8, 4) is 5.13 Å². The summed E-state index contributed by atoms with van der Waals surface area (Å²) < 4.78 is 1.97. The highest BCUT2D eigenvalue weighted by Gasteiger charge is 2.09. The molecule has 5 nitrogen and oxygen atoms in total. The Morgan fingerprint density at radius 3 is 2.81 bits per heavy atom. The quantitative estimate of drug-likeness (QED) is 0.874. The minimum atomic E-state index is 0.779. The predicted molar refractivity (Wildman–Crippen MR) is 63.9 cm³/mol. The summed E-state index contributed by atoms with van der Waals surface area (Å²) >= 11 is 1.59. The molecule has 0 aliphatic heterocycles. The first-order valence-electron chi connectivity index (χ1n) is 5.26. The molecule has 0 radical (unpaired) electrons. The molecule has 16 heavy (non-hydrogen) atoms. The molecule has 0 atom stereocenters. The fraction of sp³-hybridized carbons (Fsp3) is 0.500. The molecule has 86 valence electrons. The Balaban J connectivity index is 2.21. The Morgan fingerprint density at radius 2 is 2.19 bits per heavy atom. The highest BCUT2D eigenvalue weighted by Crippen LogP contribution is 2.17. The van der Waals surface area contributed by atoms with E-state index in [4.69, 9.17) is 0 Å². The Morgan fingerprint density at radius 1 is 1.38 bits per heavy atom. The number of nitrogens with one attached hydrogen (secondary N) is 1. The molecule has 0 saturated heterocycles. The lowest BCUT2D eigenvalue weighted by atomic mass is 10.4. The van der Waals surface area contributed by atoms with Crippen molar-refractivity contribution in [2.45, 2.75) is 27.3 Å². The van der Waals surface area contributed by atoms with E-state index in [0.717, 1.165) is 34.6 Å². The molecule has 2 rings (SSSR count). The van der Waals surface area contributed by atoms with E-state index in [2.05, 4.69) is 27.4 Å². The van der Waals surface area contributed by atoms with Gasteiger partial charge in [-0.15, -0.1) is 10.2 Å². The molecule has 0 aliphatic carbocycles. The maximum atomic E-state index is 4.25. The van der Waals surface area contributed by atoms with Crippen LogP contribution in [0.2, 0.25) is 0 Å². The lowest BCUT2D eigenvalue weighted by molar-refractivity contribution is 0.714. The summed E-state index contributed by atoms with van der Waals surface area (Å²) in [4.78, 5) is 4.25. The molecule has 2 heterocycles. The molecule has 0 aromatic carbocycles. The fourth-order valence-electron chi connectivity index (χ4n) is 1.34. The van der Waals surface area contributed by atoms with Crippen LogP contribution in [0.15, 0.2) is 6.33 Å². The summed E-state index contributed by atoms with van der Waals surface area (Å²) in [6.45, 7) is 7.82. The number of nitrogens with zero attached hydrogens (tertiary/aromatic N) is 4. The summed E-state index contributed by atoms with van der Waals surface area (Å²) in [6.07, 6.45) is 1.79. The second-order valence-corrected chi connectivity index (χ2v) is 4.58. The monoisotopic (exact) mass is 237 g/mol. The molecule has 0 spiro atoms. The molecule has 0 unspecified atom stereocenters. The number of aromatic nitrogens is 4. The molecule has 6 heteroatoms. The maximum Gasteiger partial charge on any atom is 0.217 e. The minimum absolute atomic E-state index is 0.779. The van der Waals surface area contributed by atoms with Crippen LogP contribution >= 0.6 is 11.3 Å². The van der Waals surface area contributed by atoms with Gasteiger partial charge in [0, 0.05) is 12.2 Å².